The number of aliphatic hydroxyl groups is 1. The lowest BCUT2D eigenvalue weighted by atomic mass is 9.88. The Kier molecular flexibility index (Phi) is 9.04. The van der Waals surface area contributed by atoms with Crippen LogP contribution >= 0.6 is 11.3 Å². The van der Waals surface area contributed by atoms with Gasteiger partial charge in [-0.3, -0.25) is 0 Å². The fraction of sp³-hybridized carbons (Fsp3) is 0.571. The van der Waals surface area contributed by atoms with E-state index in [2.05, 4.69) is 31.6 Å². The number of anilines is 1. The quantitative estimate of drug-likeness (QED) is 0.343. The smallest absolute Gasteiger partial charge is 0.393 e. The molecule has 3 aromatic heterocycles. The van der Waals surface area contributed by atoms with E-state index < -0.39 is 18.7 Å². The van der Waals surface area contributed by atoms with E-state index in [4.69, 9.17) is 14.2 Å². The molecule has 3 heterocycles. The van der Waals surface area contributed by atoms with Crippen LogP contribution in [0, 0.1) is 5.92 Å². The van der Waals surface area contributed by atoms with Crippen LogP contribution in [-0.2, 0) is 6.42 Å². The number of allylic oxidation sites excluding steroid dienone is 2. The number of hydrogen-bond acceptors (Lipinski definition) is 11. The summed E-state index contributed by atoms with van der Waals surface area (Å²) in [5.74, 6) is 1.80. The molecule has 0 radical (unpaired) electrons. The first-order valence-electron chi connectivity index (χ1n) is 13.8. The van der Waals surface area contributed by atoms with Gasteiger partial charge in [-0.2, -0.15) is 23.1 Å². The van der Waals surface area contributed by atoms with Crippen molar-refractivity contribution in [2.45, 2.75) is 62.9 Å². The Bertz CT molecular complexity index is 1430. The van der Waals surface area contributed by atoms with Crippen LogP contribution in [0.15, 0.2) is 18.2 Å². The van der Waals surface area contributed by atoms with Crippen molar-refractivity contribution in [3.05, 3.63) is 28.8 Å². The van der Waals surface area contributed by atoms with E-state index in [9.17, 15) is 18.3 Å². The van der Waals surface area contributed by atoms with Crippen LogP contribution in [0.3, 0.4) is 0 Å². The van der Waals surface area contributed by atoms with Gasteiger partial charge in [-0.05, 0) is 56.2 Å². The van der Waals surface area contributed by atoms with Crippen molar-refractivity contribution >= 4 is 32.9 Å². The largest absolute Gasteiger partial charge is 0.491 e. The number of fused-ring (bicyclic) bond motifs is 1. The lowest BCUT2D eigenvalue weighted by Gasteiger charge is -2.29. The summed E-state index contributed by atoms with van der Waals surface area (Å²) in [6, 6.07) is 3.25. The number of thiophene rings is 1. The third-order valence-corrected chi connectivity index (χ3v) is 9.00. The van der Waals surface area contributed by atoms with Crippen molar-refractivity contribution in [3.8, 4) is 17.6 Å². The van der Waals surface area contributed by atoms with E-state index >= 15 is 0 Å². The molecule has 2 aliphatic rings. The predicted octanol–water partition coefficient (Wildman–Crippen LogP) is 4.41. The maximum atomic E-state index is 13.1. The van der Waals surface area contributed by atoms with Gasteiger partial charge in [0.15, 0.2) is 5.75 Å². The number of hydrogen-bond donors (Lipinski definition) is 2. The molecule has 0 bridgehead atoms. The standard InChI is InChI=1S/C28H35F3N6O4S/c1-37(24-19-11-18(13-28(29,30)31)42-26(19)34-27(33-24)41-4)21-9-17(10-22(21)38)32-14-15-5-7-16(8-6-15)20-12-23(39-2)25(40-3)36-35-20/h7,11-12,15,17,21-22,32,38H,5-6,8-10,13-14H2,1-4H3/t15?,17-,21+,22-/m1/s1. The van der Waals surface area contributed by atoms with Crippen LogP contribution in [0.4, 0.5) is 19.0 Å². The van der Waals surface area contributed by atoms with Crippen LogP contribution in [0.25, 0.3) is 15.8 Å². The number of aromatic nitrogens is 4. The molecule has 1 saturated carbocycles. The highest BCUT2D eigenvalue weighted by molar-refractivity contribution is 7.18. The van der Waals surface area contributed by atoms with Gasteiger partial charge in [-0.25, -0.2) is 0 Å². The lowest BCUT2D eigenvalue weighted by molar-refractivity contribution is -0.126. The lowest BCUT2D eigenvalue weighted by Crippen LogP contribution is -2.39. The van der Waals surface area contributed by atoms with Gasteiger partial charge in [-0.15, -0.1) is 21.5 Å². The first-order chi connectivity index (χ1) is 20.1. The van der Waals surface area contributed by atoms with Gasteiger partial charge < -0.3 is 29.5 Å². The zero-order valence-electron chi connectivity index (χ0n) is 23.9. The third kappa shape index (κ3) is 6.70. The first-order valence-corrected chi connectivity index (χ1v) is 14.6. The summed E-state index contributed by atoms with van der Waals surface area (Å²) >= 11 is 0.979. The molecule has 10 nitrogen and oxygen atoms in total. The normalized spacial score (nSPS) is 22.7. The summed E-state index contributed by atoms with van der Waals surface area (Å²) < 4.78 is 54.9. The van der Waals surface area contributed by atoms with E-state index in [0.29, 0.717) is 46.4 Å². The van der Waals surface area contributed by atoms with Crippen LogP contribution in [0.5, 0.6) is 17.6 Å². The number of ether oxygens (including phenoxy) is 3. The minimum absolute atomic E-state index is 0.0794. The van der Waals surface area contributed by atoms with Gasteiger partial charge in [0, 0.05) is 24.0 Å². The highest BCUT2D eigenvalue weighted by Gasteiger charge is 2.37. The zero-order chi connectivity index (χ0) is 30.0. The Morgan fingerprint density at radius 1 is 1.10 bits per heavy atom. The second-order valence-corrected chi connectivity index (χ2v) is 11.9. The second kappa shape index (κ2) is 12.6. The monoisotopic (exact) mass is 608 g/mol. The van der Waals surface area contributed by atoms with Gasteiger partial charge >= 0.3 is 12.2 Å². The van der Waals surface area contributed by atoms with Gasteiger partial charge in [-0.1, -0.05) is 6.08 Å². The molecule has 3 aromatic rings. The van der Waals surface area contributed by atoms with Gasteiger partial charge in [0.1, 0.15) is 10.6 Å². The van der Waals surface area contributed by atoms with Crippen LogP contribution in [0.2, 0.25) is 0 Å². The van der Waals surface area contributed by atoms with Gasteiger partial charge in [0.2, 0.25) is 0 Å². The van der Waals surface area contributed by atoms with Crippen molar-refractivity contribution in [2.75, 3.05) is 39.8 Å². The number of halogens is 3. The molecular weight excluding hydrogens is 573 g/mol. The van der Waals surface area contributed by atoms with Gasteiger partial charge in [0.25, 0.3) is 5.88 Å². The second-order valence-electron chi connectivity index (χ2n) is 10.8. The Balaban J connectivity index is 1.21. The molecular formula is C28H35F3N6O4S. The number of methoxy groups -OCH3 is 3. The molecule has 228 valence electrons. The summed E-state index contributed by atoms with van der Waals surface area (Å²) in [6.45, 7) is 0.812. The van der Waals surface area contributed by atoms with Crippen molar-refractivity contribution in [3.63, 3.8) is 0 Å². The molecule has 1 fully saturated rings. The summed E-state index contributed by atoms with van der Waals surface area (Å²) in [4.78, 5) is 11.2. The molecule has 14 heteroatoms. The fourth-order valence-electron chi connectivity index (χ4n) is 5.76. The number of alkyl halides is 3. The van der Waals surface area contributed by atoms with E-state index in [-0.39, 0.29) is 23.0 Å². The Morgan fingerprint density at radius 3 is 2.57 bits per heavy atom. The third-order valence-electron chi connectivity index (χ3n) is 7.97. The number of nitrogens with zero attached hydrogens (tertiary/aromatic N) is 5. The molecule has 1 unspecified atom stereocenters. The predicted molar refractivity (Wildman–Crippen MR) is 153 cm³/mol. The van der Waals surface area contributed by atoms with E-state index in [1.807, 2.05) is 18.0 Å². The molecule has 0 spiro atoms. The minimum Gasteiger partial charge on any atom is -0.491 e. The van der Waals surface area contributed by atoms with Crippen LogP contribution in [-0.4, -0.2) is 84.6 Å². The average Bonchev–Trinajstić information content (AvgIpc) is 3.55. The highest BCUT2D eigenvalue weighted by atomic mass is 32.1. The Hall–Kier alpha value is -3.23. The van der Waals surface area contributed by atoms with Gasteiger partial charge in [0.05, 0.1) is 51.0 Å². The molecule has 4 atom stereocenters. The topological polar surface area (TPSA) is 115 Å². The summed E-state index contributed by atoms with van der Waals surface area (Å²) in [5.41, 5.74) is 1.92. The van der Waals surface area contributed by atoms with E-state index in [0.717, 1.165) is 48.4 Å². The fourth-order valence-corrected chi connectivity index (χ4v) is 6.81. The molecule has 0 saturated heterocycles. The number of rotatable bonds is 10. The minimum atomic E-state index is -4.32. The molecule has 5 rings (SSSR count). The van der Waals surface area contributed by atoms with Crippen molar-refractivity contribution < 1.29 is 32.5 Å². The summed E-state index contributed by atoms with van der Waals surface area (Å²) in [6.07, 6.45) is 0.218. The van der Waals surface area contributed by atoms with Crippen LogP contribution < -0.4 is 24.4 Å². The number of nitrogens with one attached hydrogen (secondary N) is 1. The number of likely N-dealkylation sites (N-methyl/N-ethyl adjacent to an activating group) is 1. The molecule has 2 N–H and O–H groups in total. The summed E-state index contributed by atoms with van der Waals surface area (Å²) in [5, 5.41) is 23.5. The zero-order valence-corrected chi connectivity index (χ0v) is 24.8. The molecule has 42 heavy (non-hydrogen) atoms. The maximum absolute atomic E-state index is 13.1. The number of aliphatic hydroxyl groups excluding tert-OH is 1. The van der Waals surface area contributed by atoms with E-state index in [1.54, 1.807) is 7.11 Å². The molecule has 0 aromatic carbocycles. The Labute approximate surface area is 245 Å². The van der Waals surface area contributed by atoms with E-state index in [1.165, 1.54) is 20.3 Å². The highest BCUT2D eigenvalue weighted by Crippen LogP contribution is 2.38. The Morgan fingerprint density at radius 2 is 1.90 bits per heavy atom. The van der Waals surface area contributed by atoms with Crippen molar-refractivity contribution in [1.29, 1.82) is 0 Å². The average molecular weight is 609 g/mol. The SMILES string of the molecule is COc1nc(N(C)[C@H]2C[C@@H](NCC3CC=C(c4cc(OC)c(OC)nn4)CC3)C[C@H]2O)c2cc(CC(F)(F)F)sc2n1. The van der Waals surface area contributed by atoms with Crippen molar-refractivity contribution in [1.82, 2.24) is 25.5 Å². The van der Waals surface area contributed by atoms with Crippen molar-refractivity contribution in [2.24, 2.45) is 5.92 Å². The maximum Gasteiger partial charge on any atom is 0.393 e. The molecule has 2 aliphatic carbocycles. The van der Waals surface area contributed by atoms with Crippen LogP contribution in [0.1, 0.15) is 42.7 Å². The molecule has 0 amide bonds. The summed E-state index contributed by atoms with van der Waals surface area (Å²) in [7, 11) is 6.33. The molecule has 0 aliphatic heterocycles. The first kappa shape index (κ1) is 30.2.